The number of hydrogen-bond acceptors (Lipinski definition) is 6. The molecule has 24 heavy (non-hydrogen) atoms. The van der Waals surface area contributed by atoms with Crippen LogP contribution in [0.4, 0.5) is 5.82 Å². The van der Waals surface area contributed by atoms with Gasteiger partial charge in [0.1, 0.15) is 5.82 Å². The Bertz CT molecular complexity index is 600. The average molecular weight is 354 g/mol. The number of aromatic nitrogens is 2. The Morgan fingerprint density at radius 1 is 1.38 bits per heavy atom. The van der Waals surface area contributed by atoms with Gasteiger partial charge in [0.2, 0.25) is 5.91 Å². The third-order valence-corrected chi connectivity index (χ3v) is 5.03. The van der Waals surface area contributed by atoms with Gasteiger partial charge < -0.3 is 15.3 Å². The number of nitrogens with one attached hydrogen (secondary N) is 1. The van der Waals surface area contributed by atoms with Crippen molar-refractivity contribution >= 4 is 23.3 Å². The molecular weight excluding hydrogens is 330 g/mol. The minimum atomic E-state index is -0.364. The summed E-state index contributed by atoms with van der Waals surface area (Å²) in [5.41, 5.74) is 0.893. The first-order valence-corrected chi connectivity index (χ1v) is 8.83. The molecule has 3 heterocycles. The SMILES string of the molecule is Cc1cc(N[C@@H]2CCCN(CC(=O)N3CCC(O)C3)C2)nnc1Cl. The van der Waals surface area contributed by atoms with Crippen molar-refractivity contribution in [1.82, 2.24) is 20.0 Å². The summed E-state index contributed by atoms with van der Waals surface area (Å²) in [5, 5.41) is 21.4. The van der Waals surface area contributed by atoms with E-state index in [0.717, 1.165) is 37.3 Å². The quantitative estimate of drug-likeness (QED) is 0.837. The smallest absolute Gasteiger partial charge is 0.236 e. The van der Waals surface area contributed by atoms with E-state index in [1.807, 2.05) is 13.0 Å². The third-order valence-electron chi connectivity index (χ3n) is 4.66. The summed E-state index contributed by atoms with van der Waals surface area (Å²) in [6, 6.07) is 2.14. The molecule has 2 aliphatic heterocycles. The summed E-state index contributed by atoms with van der Waals surface area (Å²) in [6.07, 6.45) is 2.39. The highest BCUT2D eigenvalue weighted by atomic mass is 35.5. The van der Waals surface area contributed by atoms with Crippen LogP contribution in [0, 0.1) is 6.92 Å². The molecule has 0 bridgehead atoms. The number of aryl methyl sites for hydroxylation is 1. The lowest BCUT2D eigenvalue weighted by Crippen LogP contribution is -2.47. The first-order valence-electron chi connectivity index (χ1n) is 8.46. The molecule has 0 aromatic carbocycles. The normalized spacial score (nSPS) is 25.0. The van der Waals surface area contributed by atoms with Gasteiger partial charge in [0.15, 0.2) is 5.15 Å². The van der Waals surface area contributed by atoms with Crippen molar-refractivity contribution in [2.45, 2.75) is 38.3 Å². The minimum Gasteiger partial charge on any atom is -0.391 e. The van der Waals surface area contributed by atoms with Gasteiger partial charge in [-0.3, -0.25) is 9.69 Å². The average Bonchev–Trinajstić information content (AvgIpc) is 2.98. The van der Waals surface area contributed by atoms with E-state index in [4.69, 9.17) is 11.6 Å². The fourth-order valence-corrected chi connectivity index (χ4v) is 3.42. The Morgan fingerprint density at radius 3 is 2.92 bits per heavy atom. The maximum atomic E-state index is 12.3. The zero-order chi connectivity index (χ0) is 17.1. The number of β-amino-alcohol motifs (C(OH)–C–C–N with tert-alkyl or cyclic N) is 1. The molecule has 0 saturated carbocycles. The van der Waals surface area contributed by atoms with Crippen LogP contribution in [0.3, 0.4) is 0 Å². The molecule has 132 valence electrons. The standard InChI is InChI=1S/C16H24ClN5O2/c1-11-7-14(19-20-16(11)17)18-12-3-2-5-21(8-12)10-15(24)22-6-4-13(23)9-22/h7,12-13,23H,2-6,8-10H2,1H3,(H,18,19)/t12-,13?/m1/s1. The number of aliphatic hydroxyl groups excluding tert-OH is 1. The number of aliphatic hydroxyl groups is 1. The zero-order valence-corrected chi connectivity index (χ0v) is 14.7. The number of halogens is 1. The Kier molecular flexibility index (Phi) is 5.53. The molecule has 0 aliphatic carbocycles. The van der Waals surface area contributed by atoms with Gasteiger partial charge >= 0.3 is 0 Å². The van der Waals surface area contributed by atoms with Crippen LogP contribution in [-0.2, 0) is 4.79 Å². The fraction of sp³-hybridized carbons (Fsp3) is 0.688. The Hall–Kier alpha value is -1.44. The lowest BCUT2D eigenvalue weighted by Gasteiger charge is -2.33. The second kappa shape index (κ2) is 7.63. The number of piperidine rings is 1. The topological polar surface area (TPSA) is 81.6 Å². The van der Waals surface area contributed by atoms with Gasteiger partial charge in [0, 0.05) is 25.7 Å². The number of amides is 1. The number of anilines is 1. The second-order valence-corrected chi connectivity index (χ2v) is 7.06. The summed E-state index contributed by atoms with van der Waals surface area (Å²) in [5.74, 6) is 0.826. The molecule has 2 atom stereocenters. The van der Waals surface area contributed by atoms with Crippen LogP contribution in [0.1, 0.15) is 24.8 Å². The first-order chi connectivity index (χ1) is 11.5. The first kappa shape index (κ1) is 17.4. The van der Waals surface area contributed by atoms with Gasteiger partial charge in [0.05, 0.1) is 12.6 Å². The van der Waals surface area contributed by atoms with Crippen molar-refractivity contribution in [3.05, 3.63) is 16.8 Å². The van der Waals surface area contributed by atoms with Crippen LogP contribution in [0.5, 0.6) is 0 Å². The van der Waals surface area contributed by atoms with E-state index in [9.17, 15) is 9.90 Å². The maximum Gasteiger partial charge on any atom is 0.236 e. The number of carbonyl (C=O) groups excluding carboxylic acids is 1. The molecule has 1 unspecified atom stereocenters. The lowest BCUT2D eigenvalue weighted by atomic mass is 10.1. The van der Waals surface area contributed by atoms with E-state index in [0.29, 0.717) is 31.2 Å². The third kappa shape index (κ3) is 4.34. The van der Waals surface area contributed by atoms with Gasteiger partial charge in [-0.05, 0) is 44.4 Å². The van der Waals surface area contributed by atoms with Gasteiger partial charge in [-0.1, -0.05) is 11.6 Å². The van der Waals surface area contributed by atoms with Gasteiger partial charge in [-0.15, -0.1) is 10.2 Å². The monoisotopic (exact) mass is 353 g/mol. The molecule has 3 rings (SSSR count). The number of carbonyl (C=O) groups is 1. The summed E-state index contributed by atoms with van der Waals surface area (Å²) < 4.78 is 0. The van der Waals surface area contributed by atoms with Crippen molar-refractivity contribution in [3.63, 3.8) is 0 Å². The van der Waals surface area contributed by atoms with Crippen molar-refractivity contribution in [2.24, 2.45) is 0 Å². The predicted octanol–water partition coefficient (Wildman–Crippen LogP) is 0.908. The number of rotatable bonds is 4. The molecule has 1 aromatic rings. The van der Waals surface area contributed by atoms with Crippen molar-refractivity contribution in [2.75, 3.05) is 38.0 Å². The van der Waals surface area contributed by atoms with Gasteiger partial charge in [-0.25, -0.2) is 0 Å². The molecule has 1 aromatic heterocycles. The maximum absolute atomic E-state index is 12.3. The van der Waals surface area contributed by atoms with Crippen LogP contribution in [-0.4, -0.2) is 75.9 Å². The molecular formula is C16H24ClN5O2. The van der Waals surface area contributed by atoms with Crippen molar-refractivity contribution in [1.29, 1.82) is 0 Å². The molecule has 2 saturated heterocycles. The molecule has 2 N–H and O–H groups in total. The minimum absolute atomic E-state index is 0.106. The van der Waals surface area contributed by atoms with Crippen molar-refractivity contribution < 1.29 is 9.90 Å². The van der Waals surface area contributed by atoms with Crippen LogP contribution >= 0.6 is 11.6 Å². The molecule has 0 radical (unpaired) electrons. The molecule has 2 aliphatic rings. The van der Waals surface area contributed by atoms with E-state index in [1.54, 1.807) is 4.90 Å². The highest BCUT2D eigenvalue weighted by Crippen LogP contribution is 2.18. The predicted molar refractivity (Wildman–Crippen MR) is 92.1 cm³/mol. The zero-order valence-electron chi connectivity index (χ0n) is 13.9. The molecule has 8 heteroatoms. The van der Waals surface area contributed by atoms with E-state index < -0.39 is 0 Å². The van der Waals surface area contributed by atoms with Crippen LogP contribution < -0.4 is 5.32 Å². The molecule has 2 fully saturated rings. The summed E-state index contributed by atoms with van der Waals surface area (Å²) >= 11 is 5.91. The molecule has 0 spiro atoms. The van der Waals surface area contributed by atoms with E-state index >= 15 is 0 Å². The molecule has 1 amide bonds. The molecule has 7 nitrogen and oxygen atoms in total. The largest absolute Gasteiger partial charge is 0.391 e. The Labute approximate surface area is 147 Å². The van der Waals surface area contributed by atoms with E-state index in [2.05, 4.69) is 20.4 Å². The number of likely N-dealkylation sites (tertiary alicyclic amines) is 2. The Morgan fingerprint density at radius 2 is 2.21 bits per heavy atom. The van der Waals surface area contributed by atoms with E-state index in [1.165, 1.54) is 0 Å². The summed E-state index contributed by atoms with van der Waals surface area (Å²) in [6.45, 7) is 5.16. The second-order valence-electron chi connectivity index (χ2n) is 6.70. The van der Waals surface area contributed by atoms with E-state index in [-0.39, 0.29) is 18.1 Å². The summed E-state index contributed by atoms with van der Waals surface area (Å²) in [7, 11) is 0. The van der Waals surface area contributed by atoms with Crippen LogP contribution in [0.25, 0.3) is 0 Å². The van der Waals surface area contributed by atoms with Gasteiger partial charge in [0.25, 0.3) is 0 Å². The van der Waals surface area contributed by atoms with Crippen molar-refractivity contribution in [3.8, 4) is 0 Å². The summed E-state index contributed by atoms with van der Waals surface area (Å²) in [4.78, 5) is 16.3. The highest BCUT2D eigenvalue weighted by Gasteiger charge is 2.28. The lowest BCUT2D eigenvalue weighted by molar-refractivity contribution is -0.132. The highest BCUT2D eigenvalue weighted by molar-refractivity contribution is 6.30. The Balaban J connectivity index is 1.52. The van der Waals surface area contributed by atoms with Crippen LogP contribution in [0.15, 0.2) is 6.07 Å². The fourth-order valence-electron chi connectivity index (χ4n) is 3.33. The number of nitrogens with zero attached hydrogens (tertiary/aromatic N) is 4. The number of hydrogen-bond donors (Lipinski definition) is 2. The van der Waals surface area contributed by atoms with Gasteiger partial charge in [-0.2, -0.15) is 0 Å². The van der Waals surface area contributed by atoms with Crippen LogP contribution in [0.2, 0.25) is 5.15 Å².